The van der Waals surface area contributed by atoms with E-state index in [0.29, 0.717) is 12.1 Å². The summed E-state index contributed by atoms with van der Waals surface area (Å²) >= 11 is 0. The number of rotatable bonds is 2. The first kappa shape index (κ1) is 7.15. The topological polar surface area (TPSA) is 38.9 Å². The summed E-state index contributed by atoms with van der Waals surface area (Å²) in [5.74, 6) is 0. The third-order valence-corrected chi connectivity index (χ3v) is 1.24. The van der Waals surface area contributed by atoms with E-state index in [0.717, 1.165) is 5.69 Å². The van der Waals surface area contributed by atoms with Crippen LogP contribution in [0.3, 0.4) is 0 Å². The van der Waals surface area contributed by atoms with E-state index in [1.165, 1.54) is 0 Å². The third-order valence-electron chi connectivity index (χ3n) is 1.24. The van der Waals surface area contributed by atoms with Crippen LogP contribution in [0.25, 0.3) is 0 Å². The average molecular weight is 140 g/mol. The summed E-state index contributed by atoms with van der Waals surface area (Å²) in [6.07, 6.45) is 1.57. The van der Waals surface area contributed by atoms with Crippen LogP contribution in [0.4, 0.5) is 4.39 Å². The maximum atomic E-state index is 12.0. The molecular weight excluding hydrogens is 131 g/mol. The number of alkyl halides is 1. The highest BCUT2D eigenvalue weighted by atomic mass is 19.1. The molecule has 1 heterocycles. The van der Waals surface area contributed by atoms with Gasteiger partial charge in [-0.3, -0.25) is 4.98 Å². The quantitative estimate of drug-likeness (QED) is 0.665. The second kappa shape index (κ2) is 3.27. The van der Waals surface area contributed by atoms with E-state index in [4.69, 9.17) is 5.73 Å². The van der Waals surface area contributed by atoms with E-state index >= 15 is 0 Å². The van der Waals surface area contributed by atoms with Gasteiger partial charge in [0.05, 0.1) is 5.69 Å². The second-order valence-electron chi connectivity index (χ2n) is 1.99. The highest BCUT2D eigenvalue weighted by molar-refractivity contribution is 5.14. The van der Waals surface area contributed by atoms with Crippen molar-refractivity contribution >= 4 is 0 Å². The molecule has 0 spiro atoms. The van der Waals surface area contributed by atoms with Crippen LogP contribution in [-0.4, -0.2) is 4.98 Å². The van der Waals surface area contributed by atoms with Crippen LogP contribution in [0.1, 0.15) is 11.3 Å². The highest BCUT2D eigenvalue weighted by Crippen LogP contribution is 2.01. The van der Waals surface area contributed by atoms with Gasteiger partial charge in [-0.15, -0.1) is 0 Å². The molecule has 1 aromatic heterocycles. The predicted molar refractivity (Wildman–Crippen MR) is 36.9 cm³/mol. The van der Waals surface area contributed by atoms with Crippen molar-refractivity contribution in [1.29, 1.82) is 0 Å². The molecule has 3 heteroatoms. The lowest BCUT2D eigenvalue weighted by Gasteiger charge is -1.96. The van der Waals surface area contributed by atoms with Crippen LogP contribution in [-0.2, 0) is 13.2 Å². The molecule has 10 heavy (non-hydrogen) atoms. The molecule has 0 amide bonds. The summed E-state index contributed by atoms with van der Waals surface area (Å²) in [7, 11) is 0. The monoisotopic (exact) mass is 140 g/mol. The van der Waals surface area contributed by atoms with E-state index in [1.54, 1.807) is 18.3 Å². The maximum absolute atomic E-state index is 12.0. The molecule has 1 aromatic rings. The van der Waals surface area contributed by atoms with Gasteiger partial charge in [0.15, 0.2) is 0 Å². The van der Waals surface area contributed by atoms with E-state index in [1.807, 2.05) is 0 Å². The third kappa shape index (κ3) is 1.51. The van der Waals surface area contributed by atoms with Crippen molar-refractivity contribution in [2.75, 3.05) is 0 Å². The highest BCUT2D eigenvalue weighted by Gasteiger charge is 1.92. The molecule has 2 nitrogen and oxygen atoms in total. The summed E-state index contributed by atoms with van der Waals surface area (Å²) in [6, 6.07) is 3.30. The summed E-state index contributed by atoms with van der Waals surface area (Å²) < 4.78 is 12.0. The van der Waals surface area contributed by atoms with Gasteiger partial charge in [0.25, 0.3) is 0 Å². The minimum absolute atomic E-state index is 0.369. The number of hydrogen-bond acceptors (Lipinski definition) is 2. The number of halogens is 1. The van der Waals surface area contributed by atoms with Gasteiger partial charge >= 0.3 is 0 Å². The Morgan fingerprint density at radius 3 is 3.00 bits per heavy atom. The van der Waals surface area contributed by atoms with Gasteiger partial charge in [0.2, 0.25) is 0 Å². The van der Waals surface area contributed by atoms with Crippen molar-refractivity contribution < 1.29 is 4.39 Å². The van der Waals surface area contributed by atoms with Crippen molar-refractivity contribution in [2.24, 2.45) is 5.73 Å². The molecule has 0 aliphatic rings. The maximum Gasteiger partial charge on any atom is 0.115 e. The number of hydrogen-bond donors (Lipinski definition) is 1. The smallest absolute Gasteiger partial charge is 0.115 e. The molecule has 0 aliphatic heterocycles. The van der Waals surface area contributed by atoms with Gasteiger partial charge in [-0.05, 0) is 17.7 Å². The standard InChI is InChI=1S/C7H9FN2/c8-4-6-1-2-10-7(3-6)5-9/h1-3H,4-5,9H2. The van der Waals surface area contributed by atoms with Crippen LogP contribution in [0, 0.1) is 0 Å². The van der Waals surface area contributed by atoms with E-state index in [2.05, 4.69) is 4.98 Å². The van der Waals surface area contributed by atoms with Gasteiger partial charge in [-0.1, -0.05) is 0 Å². The minimum atomic E-state index is -0.449. The molecule has 0 aromatic carbocycles. The van der Waals surface area contributed by atoms with E-state index in [-0.39, 0.29) is 0 Å². The normalized spacial score (nSPS) is 9.80. The molecule has 0 saturated heterocycles. The Labute approximate surface area is 58.9 Å². The van der Waals surface area contributed by atoms with Crippen molar-refractivity contribution in [3.8, 4) is 0 Å². The zero-order valence-electron chi connectivity index (χ0n) is 5.55. The Hall–Kier alpha value is -0.960. The lowest BCUT2D eigenvalue weighted by atomic mass is 10.2. The Morgan fingerprint density at radius 2 is 2.40 bits per heavy atom. The van der Waals surface area contributed by atoms with Gasteiger partial charge in [-0.2, -0.15) is 0 Å². The van der Waals surface area contributed by atoms with Gasteiger partial charge in [0.1, 0.15) is 6.67 Å². The molecule has 0 saturated carbocycles. The zero-order chi connectivity index (χ0) is 7.40. The fourth-order valence-corrected chi connectivity index (χ4v) is 0.723. The molecule has 0 aliphatic carbocycles. The molecule has 1 rings (SSSR count). The summed E-state index contributed by atoms with van der Waals surface area (Å²) in [4.78, 5) is 3.91. The number of aromatic nitrogens is 1. The van der Waals surface area contributed by atoms with Crippen molar-refractivity contribution in [3.05, 3.63) is 29.6 Å². The Morgan fingerprint density at radius 1 is 1.60 bits per heavy atom. The van der Waals surface area contributed by atoms with Crippen LogP contribution >= 0.6 is 0 Å². The van der Waals surface area contributed by atoms with E-state index < -0.39 is 6.67 Å². The fourth-order valence-electron chi connectivity index (χ4n) is 0.723. The van der Waals surface area contributed by atoms with Crippen LogP contribution < -0.4 is 5.73 Å². The van der Waals surface area contributed by atoms with Crippen molar-refractivity contribution in [3.63, 3.8) is 0 Å². The second-order valence-corrected chi connectivity index (χ2v) is 1.99. The van der Waals surface area contributed by atoms with Crippen molar-refractivity contribution in [1.82, 2.24) is 4.98 Å². The number of pyridine rings is 1. The fraction of sp³-hybridized carbons (Fsp3) is 0.286. The Kier molecular flexibility index (Phi) is 2.34. The first-order chi connectivity index (χ1) is 4.86. The first-order valence-corrected chi connectivity index (χ1v) is 3.06. The number of nitrogens with zero attached hydrogens (tertiary/aromatic N) is 1. The molecule has 0 bridgehead atoms. The molecule has 0 atom stereocenters. The predicted octanol–water partition coefficient (Wildman–Crippen LogP) is 1.01. The largest absolute Gasteiger partial charge is 0.325 e. The van der Waals surface area contributed by atoms with Gasteiger partial charge in [0, 0.05) is 12.7 Å². The molecule has 0 radical (unpaired) electrons. The minimum Gasteiger partial charge on any atom is -0.325 e. The SMILES string of the molecule is NCc1cc(CF)ccn1. The lowest BCUT2D eigenvalue weighted by molar-refractivity contribution is 0.484. The van der Waals surface area contributed by atoms with Crippen LogP contribution in [0.2, 0.25) is 0 Å². The Balaban J connectivity index is 2.87. The lowest BCUT2D eigenvalue weighted by Crippen LogP contribution is -1.99. The van der Waals surface area contributed by atoms with E-state index in [9.17, 15) is 4.39 Å². The number of nitrogens with two attached hydrogens (primary N) is 1. The van der Waals surface area contributed by atoms with Crippen LogP contribution in [0.5, 0.6) is 0 Å². The van der Waals surface area contributed by atoms with Crippen LogP contribution in [0.15, 0.2) is 18.3 Å². The summed E-state index contributed by atoms with van der Waals surface area (Å²) in [6.45, 7) is -0.0800. The van der Waals surface area contributed by atoms with Gasteiger partial charge in [-0.25, -0.2) is 4.39 Å². The summed E-state index contributed by atoms with van der Waals surface area (Å²) in [5, 5.41) is 0. The van der Waals surface area contributed by atoms with Gasteiger partial charge < -0.3 is 5.73 Å². The molecule has 54 valence electrons. The first-order valence-electron chi connectivity index (χ1n) is 3.06. The molecular formula is C7H9FN2. The Bertz CT molecular complexity index is 193. The average Bonchev–Trinajstić information content (AvgIpc) is 2.05. The molecule has 0 unspecified atom stereocenters. The molecule has 2 N–H and O–H groups in total. The zero-order valence-corrected chi connectivity index (χ0v) is 5.55. The molecule has 0 fully saturated rings. The summed E-state index contributed by atoms with van der Waals surface area (Å²) in [5.41, 5.74) is 6.65. The van der Waals surface area contributed by atoms with Crippen molar-refractivity contribution in [2.45, 2.75) is 13.2 Å².